The van der Waals surface area contributed by atoms with Crippen LogP contribution in [0, 0.1) is 0 Å². The number of hydrogen-bond donors (Lipinski definition) is 2. The van der Waals surface area contributed by atoms with E-state index in [4.69, 9.17) is 0 Å². The molecule has 2 N–H and O–H groups in total. The fourth-order valence-corrected chi connectivity index (χ4v) is 3.12. The van der Waals surface area contributed by atoms with Crippen molar-refractivity contribution in [3.05, 3.63) is 77.9 Å². The van der Waals surface area contributed by atoms with Crippen molar-refractivity contribution in [2.24, 2.45) is 0 Å². The summed E-state index contributed by atoms with van der Waals surface area (Å²) < 4.78 is 1.69. The zero-order chi connectivity index (χ0) is 20.2. The van der Waals surface area contributed by atoms with Gasteiger partial charge in [0.05, 0.1) is 0 Å². The van der Waals surface area contributed by atoms with Crippen molar-refractivity contribution >= 4 is 29.5 Å². The average Bonchev–Trinajstić information content (AvgIpc) is 3.15. The lowest BCUT2D eigenvalue weighted by molar-refractivity contribution is -0.305. The second-order valence-electron chi connectivity index (χ2n) is 6.55. The molecule has 1 aromatic heterocycles. The fourth-order valence-electron chi connectivity index (χ4n) is 3.12. The van der Waals surface area contributed by atoms with Crippen LogP contribution in [-0.4, -0.2) is 26.6 Å². The number of aromatic nitrogens is 3. The van der Waals surface area contributed by atoms with Crippen LogP contribution < -0.4 is 15.7 Å². The molecule has 3 aromatic rings. The number of aliphatic carboxylic acids is 1. The van der Waals surface area contributed by atoms with Gasteiger partial charge in [0.25, 0.3) is 5.95 Å². The number of benzene rings is 2. The quantitative estimate of drug-likeness (QED) is 0.666. The second kappa shape index (κ2) is 7.97. The molecular formula is C21H18N5O3-. The lowest BCUT2D eigenvalue weighted by Crippen LogP contribution is -2.24. The predicted octanol–water partition coefficient (Wildman–Crippen LogP) is 1.80. The first kappa shape index (κ1) is 18.4. The maximum absolute atomic E-state index is 11.9. The van der Waals surface area contributed by atoms with Gasteiger partial charge in [-0.15, -0.1) is 5.10 Å². The van der Waals surface area contributed by atoms with E-state index in [2.05, 4.69) is 20.7 Å². The third kappa shape index (κ3) is 4.16. The number of carboxylic acid groups (broad SMARTS) is 1. The van der Waals surface area contributed by atoms with Crippen molar-refractivity contribution in [3.8, 4) is 0 Å². The molecule has 0 radical (unpaired) electrons. The molecule has 0 aliphatic carbocycles. The van der Waals surface area contributed by atoms with Crippen LogP contribution >= 0.6 is 0 Å². The molecule has 0 saturated heterocycles. The number of amides is 1. The van der Waals surface area contributed by atoms with Crippen molar-refractivity contribution in [1.29, 1.82) is 0 Å². The molecule has 2 heterocycles. The average molecular weight is 388 g/mol. The molecule has 0 saturated carbocycles. The highest BCUT2D eigenvalue weighted by atomic mass is 16.4. The number of carbonyl (C=O) groups is 2. The van der Waals surface area contributed by atoms with Crippen molar-refractivity contribution in [2.45, 2.75) is 18.9 Å². The Morgan fingerprint density at radius 1 is 1.03 bits per heavy atom. The summed E-state index contributed by atoms with van der Waals surface area (Å²) >= 11 is 0. The molecule has 1 aliphatic rings. The maximum Gasteiger partial charge on any atom is 0.250 e. The minimum Gasteiger partial charge on any atom is -0.550 e. The highest BCUT2D eigenvalue weighted by Gasteiger charge is 2.25. The molecule has 8 nitrogen and oxygen atoms in total. The summed E-state index contributed by atoms with van der Waals surface area (Å²) in [4.78, 5) is 26.9. The number of nitrogens with zero attached hydrogens (tertiary/aromatic N) is 3. The number of carboxylic acids is 1. The maximum atomic E-state index is 11.9. The molecule has 0 unspecified atom stereocenters. The molecule has 0 spiro atoms. The van der Waals surface area contributed by atoms with E-state index in [-0.39, 0.29) is 24.8 Å². The molecular weight excluding hydrogens is 370 g/mol. The Kier molecular flexibility index (Phi) is 5.07. The van der Waals surface area contributed by atoms with E-state index < -0.39 is 11.9 Å². The smallest absolute Gasteiger partial charge is 0.250 e. The number of hydrogen-bond acceptors (Lipinski definition) is 6. The number of allylic oxidation sites excluding steroid dienone is 1. The van der Waals surface area contributed by atoms with Gasteiger partial charge in [0.1, 0.15) is 6.04 Å². The number of carbonyl (C=O) groups excluding carboxylic acids is 2. The summed E-state index contributed by atoms with van der Waals surface area (Å²) in [6.07, 6.45) is 1.49. The van der Waals surface area contributed by atoms with Gasteiger partial charge < -0.3 is 15.2 Å². The van der Waals surface area contributed by atoms with Gasteiger partial charge in [-0.3, -0.25) is 10.1 Å². The molecule has 29 heavy (non-hydrogen) atoms. The van der Waals surface area contributed by atoms with Crippen LogP contribution in [0.15, 0.2) is 66.7 Å². The summed E-state index contributed by atoms with van der Waals surface area (Å²) in [7, 11) is 0. The van der Waals surface area contributed by atoms with Gasteiger partial charge in [-0.25, -0.2) is 4.68 Å². The minimum absolute atomic E-state index is 0.111. The van der Waals surface area contributed by atoms with Gasteiger partial charge in [0.15, 0.2) is 0 Å². The highest BCUT2D eigenvalue weighted by molar-refractivity contribution is 5.91. The predicted molar refractivity (Wildman–Crippen MR) is 106 cm³/mol. The molecule has 1 atom stereocenters. The normalized spacial score (nSPS) is 15.0. The van der Waals surface area contributed by atoms with Gasteiger partial charge in [0.2, 0.25) is 11.9 Å². The lowest BCUT2D eigenvalue weighted by Gasteiger charge is -2.24. The van der Waals surface area contributed by atoms with Crippen LogP contribution in [-0.2, 0) is 9.59 Å². The van der Waals surface area contributed by atoms with Crippen molar-refractivity contribution in [3.63, 3.8) is 0 Å². The molecule has 1 amide bonds. The minimum atomic E-state index is -1.28. The van der Waals surface area contributed by atoms with Gasteiger partial charge in [-0.05, 0) is 23.6 Å². The van der Waals surface area contributed by atoms with Gasteiger partial charge in [-0.1, -0.05) is 60.7 Å². The van der Waals surface area contributed by atoms with E-state index in [1.165, 1.54) is 0 Å². The number of fused-ring (bicyclic) bond motifs is 1. The second-order valence-corrected chi connectivity index (χ2v) is 6.55. The Morgan fingerprint density at radius 3 is 2.41 bits per heavy atom. The molecule has 1 aliphatic heterocycles. The summed E-state index contributed by atoms with van der Waals surface area (Å²) in [6.45, 7) is 0. The Balaban J connectivity index is 1.65. The molecule has 0 bridgehead atoms. The van der Waals surface area contributed by atoms with Crippen molar-refractivity contribution < 1.29 is 14.7 Å². The first-order valence-corrected chi connectivity index (χ1v) is 9.15. The Labute approximate surface area is 166 Å². The first-order chi connectivity index (χ1) is 14.1. The summed E-state index contributed by atoms with van der Waals surface area (Å²) in [6, 6.07) is 19.5. The number of rotatable bonds is 6. The summed E-state index contributed by atoms with van der Waals surface area (Å²) in [5.41, 5.74) is 2.90. The molecule has 8 heteroatoms. The zero-order valence-corrected chi connectivity index (χ0v) is 15.4. The number of anilines is 2. The summed E-state index contributed by atoms with van der Waals surface area (Å²) in [5.74, 6) is -1.17. The van der Waals surface area contributed by atoms with E-state index in [1.807, 2.05) is 66.7 Å². The SMILES string of the molecule is O=C([O-])CCC(=O)Nc1nc2n(n1)[C@@H](c1ccccc1)C=C(c1ccccc1)N2. The van der Waals surface area contributed by atoms with Crippen LogP contribution in [0.2, 0.25) is 0 Å². The number of nitrogens with one attached hydrogen (secondary N) is 2. The van der Waals surface area contributed by atoms with Gasteiger partial charge in [0, 0.05) is 18.1 Å². The third-order valence-electron chi connectivity index (χ3n) is 4.50. The van der Waals surface area contributed by atoms with E-state index in [0.29, 0.717) is 5.95 Å². The highest BCUT2D eigenvalue weighted by Crippen LogP contribution is 2.33. The Morgan fingerprint density at radius 2 is 1.72 bits per heavy atom. The fraction of sp³-hybridized carbons (Fsp3) is 0.143. The van der Waals surface area contributed by atoms with Crippen LogP contribution in [0.4, 0.5) is 11.9 Å². The van der Waals surface area contributed by atoms with Crippen LogP contribution in [0.1, 0.15) is 30.0 Å². The van der Waals surface area contributed by atoms with E-state index in [0.717, 1.165) is 16.8 Å². The van der Waals surface area contributed by atoms with Gasteiger partial charge in [-0.2, -0.15) is 4.98 Å². The molecule has 0 fully saturated rings. The largest absolute Gasteiger partial charge is 0.550 e. The van der Waals surface area contributed by atoms with E-state index in [9.17, 15) is 14.7 Å². The Bertz CT molecular complexity index is 1060. The standard InChI is InChI=1S/C21H19N5O3/c27-18(11-12-19(28)29)23-20-24-21-22-16(14-7-3-1-4-8-14)13-17(26(21)25-20)15-9-5-2-6-10-15/h1-10,13,17H,11-12H2,(H,28,29)(H2,22,23,24,25,27)/p-1/t17-/m1/s1. The summed E-state index contributed by atoms with van der Waals surface area (Å²) in [5, 5.41) is 20.7. The van der Waals surface area contributed by atoms with Crippen LogP contribution in [0.25, 0.3) is 5.70 Å². The van der Waals surface area contributed by atoms with Gasteiger partial charge >= 0.3 is 0 Å². The van der Waals surface area contributed by atoms with Crippen LogP contribution in [0.5, 0.6) is 0 Å². The van der Waals surface area contributed by atoms with E-state index in [1.54, 1.807) is 4.68 Å². The molecule has 2 aromatic carbocycles. The lowest BCUT2D eigenvalue weighted by atomic mass is 10.0. The van der Waals surface area contributed by atoms with Crippen molar-refractivity contribution in [1.82, 2.24) is 14.8 Å². The Hall–Kier alpha value is -3.94. The van der Waals surface area contributed by atoms with E-state index >= 15 is 0 Å². The van der Waals surface area contributed by atoms with Crippen molar-refractivity contribution in [2.75, 3.05) is 10.6 Å². The van der Waals surface area contributed by atoms with Crippen LogP contribution in [0.3, 0.4) is 0 Å². The monoisotopic (exact) mass is 388 g/mol. The molecule has 146 valence electrons. The molecule has 4 rings (SSSR count). The topological polar surface area (TPSA) is 112 Å². The third-order valence-corrected chi connectivity index (χ3v) is 4.50. The zero-order valence-electron chi connectivity index (χ0n) is 15.4. The first-order valence-electron chi connectivity index (χ1n) is 9.15.